The number of hydrogen-bond donors (Lipinski definition) is 2. The highest BCUT2D eigenvalue weighted by Crippen LogP contribution is 2.14. The smallest absolute Gasteiger partial charge is 0.222 e. The van der Waals surface area contributed by atoms with Crippen LogP contribution < -0.4 is 5.32 Å². The first-order valence-electron chi connectivity index (χ1n) is 12.5. The molecule has 0 saturated carbocycles. The quantitative estimate of drug-likeness (QED) is 0.154. The summed E-state index contributed by atoms with van der Waals surface area (Å²) in [7, 11) is 0. The molecule has 0 aliphatic rings. The van der Waals surface area contributed by atoms with E-state index in [4.69, 9.17) is 0 Å². The van der Waals surface area contributed by atoms with Crippen LogP contribution in [0.5, 0.6) is 0 Å². The highest BCUT2D eigenvalue weighted by molar-refractivity contribution is 5.76. The minimum absolute atomic E-state index is 0.0422. The maximum Gasteiger partial charge on any atom is 0.222 e. The Morgan fingerprint density at radius 1 is 0.607 bits per heavy atom. The van der Waals surface area contributed by atoms with Gasteiger partial charge in [-0.15, -0.1) is 0 Å². The molecule has 3 nitrogen and oxygen atoms in total. The lowest BCUT2D eigenvalue weighted by Gasteiger charge is -2.18. The van der Waals surface area contributed by atoms with E-state index in [-0.39, 0.29) is 5.91 Å². The molecule has 0 aliphatic heterocycles. The Bertz CT molecular complexity index is 336. The topological polar surface area (TPSA) is 49.3 Å². The molecule has 0 aromatic heterocycles. The Balaban J connectivity index is 3.11. The lowest BCUT2D eigenvalue weighted by molar-refractivity contribution is -0.127. The van der Waals surface area contributed by atoms with Gasteiger partial charge in [0.05, 0.1) is 0 Å². The van der Waals surface area contributed by atoms with Crippen molar-refractivity contribution in [3.63, 3.8) is 0 Å². The zero-order chi connectivity index (χ0) is 20.9. The number of hydrogen-bond acceptors (Lipinski definition) is 2. The van der Waals surface area contributed by atoms with Gasteiger partial charge in [-0.1, -0.05) is 122 Å². The maximum atomic E-state index is 11.6. The fraction of sp³-hybridized carbons (Fsp3) is 0.960. The van der Waals surface area contributed by atoms with Gasteiger partial charge in [-0.05, 0) is 20.3 Å². The lowest BCUT2D eigenvalue weighted by Crippen LogP contribution is -2.42. The largest absolute Gasteiger partial charge is 0.372 e. The Morgan fingerprint density at radius 2 is 0.893 bits per heavy atom. The summed E-state index contributed by atoms with van der Waals surface area (Å²) in [6, 6.07) is 0. The van der Waals surface area contributed by atoms with Crippen LogP contribution in [0.25, 0.3) is 0 Å². The van der Waals surface area contributed by atoms with Crippen molar-refractivity contribution < 1.29 is 9.90 Å². The van der Waals surface area contributed by atoms with Crippen LogP contribution in [0.3, 0.4) is 0 Å². The molecule has 3 heteroatoms. The van der Waals surface area contributed by atoms with E-state index in [0.717, 1.165) is 12.8 Å². The van der Waals surface area contributed by atoms with Gasteiger partial charge in [0.15, 0.2) is 0 Å². The van der Waals surface area contributed by atoms with Gasteiger partial charge in [-0.25, -0.2) is 0 Å². The normalized spacial score (nSPS) is 11.7. The molecule has 0 radical (unpaired) electrons. The Labute approximate surface area is 176 Å². The third-order valence-electron chi connectivity index (χ3n) is 5.45. The van der Waals surface area contributed by atoms with Crippen molar-refractivity contribution in [3.05, 3.63) is 0 Å². The van der Waals surface area contributed by atoms with Gasteiger partial charge in [-0.3, -0.25) is 4.79 Å². The highest BCUT2D eigenvalue weighted by Gasteiger charge is 2.14. The molecule has 0 aromatic carbocycles. The van der Waals surface area contributed by atoms with Crippen molar-refractivity contribution in [1.29, 1.82) is 0 Å². The number of rotatable bonds is 21. The molecule has 0 heterocycles. The predicted octanol–water partition coefficient (Wildman–Crippen LogP) is 7.65. The first kappa shape index (κ1) is 27.4. The van der Waals surface area contributed by atoms with Crippen LogP contribution >= 0.6 is 0 Å². The molecule has 2 N–H and O–H groups in total. The molecule has 0 rings (SSSR count). The molecule has 0 bridgehead atoms. The molecule has 0 atom stereocenters. The second-order valence-corrected chi connectivity index (χ2v) is 9.22. The maximum absolute atomic E-state index is 11.6. The summed E-state index contributed by atoms with van der Waals surface area (Å²) in [5.74, 6) is -0.0422. The molecule has 0 aliphatic carbocycles. The van der Waals surface area contributed by atoms with Crippen LogP contribution in [-0.2, 0) is 4.79 Å². The number of carbonyl (C=O) groups is 1. The van der Waals surface area contributed by atoms with Gasteiger partial charge in [-0.2, -0.15) is 0 Å². The van der Waals surface area contributed by atoms with Crippen LogP contribution in [0.15, 0.2) is 0 Å². The fourth-order valence-corrected chi connectivity index (χ4v) is 3.77. The van der Waals surface area contributed by atoms with Crippen molar-refractivity contribution >= 4 is 5.91 Å². The molecule has 0 aromatic rings. The number of unbranched alkanes of at least 4 members (excludes halogenated alkanes) is 18. The van der Waals surface area contributed by atoms with E-state index in [1.165, 1.54) is 109 Å². The van der Waals surface area contributed by atoms with E-state index in [9.17, 15) is 9.90 Å². The average Bonchev–Trinajstić information content (AvgIpc) is 2.62. The van der Waals surface area contributed by atoms with E-state index >= 15 is 0 Å². The summed E-state index contributed by atoms with van der Waals surface area (Å²) < 4.78 is 0. The monoisotopic (exact) mass is 397 g/mol. The summed E-state index contributed by atoms with van der Waals surface area (Å²) >= 11 is 0. The second kappa shape index (κ2) is 19.7. The number of amides is 1. The van der Waals surface area contributed by atoms with E-state index in [1.807, 2.05) is 0 Å². The van der Waals surface area contributed by atoms with Gasteiger partial charge in [0, 0.05) is 6.42 Å². The predicted molar refractivity (Wildman–Crippen MR) is 122 cm³/mol. The van der Waals surface area contributed by atoms with E-state index in [2.05, 4.69) is 12.2 Å². The Morgan fingerprint density at radius 3 is 1.18 bits per heavy atom. The van der Waals surface area contributed by atoms with E-state index in [1.54, 1.807) is 13.8 Å². The number of carbonyl (C=O) groups excluding carboxylic acids is 1. The Hall–Kier alpha value is -0.570. The molecular weight excluding hydrogens is 346 g/mol. The van der Waals surface area contributed by atoms with Crippen LogP contribution in [0.4, 0.5) is 0 Å². The van der Waals surface area contributed by atoms with Crippen LogP contribution in [-0.4, -0.2) is 16.7 Å². The lowest BCUT2D eigenvalue weighted by atomic mass is 10.0. The molecule has 1 amide bonds. The van der Waals surface area contributed by atoms with Crippen molar-refractivity contribution in [1.82, 2.24) is 5.32 Å². The van der Waals surface area contributed by atoms with Gasteiger partial charge < -0.3 is 10.4 Å². The van der Waals surface area contributed by atoms with Crippen molar-refractivity contribution in [3.8, 4) is 0 Å². The third kappa shape index (κ3) is 23.5. The molecule has 0 spiro atoms. The van der Waals surface area contributed by atoms with Crippen molar-refractivity contribution in [2.45, 2.75) is 155 Å². The van der Waals surface area contributed by atoms with Crippen molar-refractivity contribution in [2.75, 3.05) is 0 Å². The molecule has 0 fully saturated rings. The van der Waals surface area contributed by atoms with Gasteiger partial charge in [0.2, 0.25) is 5.91 Å². The molecule has 168 valence electrons. The molecule has 28 heavy (non-hydrogen) atoms. The van der Waals surface area contributed by atoms with Crippen molar-refractivity contribution in [2.24, 2.45) is 0 Å². The number of nitrogens with one attached hydrogen (secondary N) is 1. The second-order valence-electron chi connectivity index (χ2n) is 9.22. The van der Waals surface area contributed by atoms with E-state index < -0.39 is 5.72 Å². The fourth-order valence-electron chi connectivity index (χ4n) is 3.77. The molecular formula is C25H51NO2. The zero-order valence-corrected chi connectivity index (χ0v) is 19.5. The van der Waals surface area contributed by atoms with Gasteiger partial charge >= 0.3 is 0 Å². The minimum atomic E-state index is -1.09. The SMILES string of the molecule is CCCCCCCCCCCCCCCCCCCCCC(=O)NC(C)(C)O. The summed E-state index contributed by atoms with van der Waals surface area (Å²) in [4.78, 5) is 11.6. The standard InChI is InChI=1S/C25H51NO2/c1-4-5-6-7-8-9-10-11-12-13-14-15-16-17-18-19-20-21-22-23-24(27)26-25(2,3)28/h28H,4-23H2,1-3H3,(H,26,27). The molecule has 0 unspecified atom stereocenters. The minimum Gasteiger partial charge on any atom is -0.372 e. The van der Waals surface area contributed by atoms with E-state index in [0.29, 0.717) is 6.42 Å². The summed E-state index contributed by atoms with van der Waals surface area (Å²) in [5, 5.41) is 12.1. The average molecular weight is 398 g/mol. The highest BCUT2D eigenvalue weighted by atomic mass is 16.3. The van der Waals surface area contributed by atoms with Crippen LogP contribution in [0, 0.1) is 0 Å². The summed E-state index contributed by atoms with van der Waals surface area (Å²) in [6.07, 6.45) is 26.4. The van der Waals surface area contributed by atoms with Crippen LogP contribution in [0.1, 0.15) is 149 Å². The first-order valence-corrected chi connectivity index (χ1v) is 12.5. The van der Waals surface area contributed by atoms with Gasteiger partial charge in [0.25, 0.3) is 0 Å². The summed E-state index contributed by atoms with van der Waals surface area (Å²) in [5.41, 5.74) is -1.09. The van der Waals surface area contributed by atoms with Gasteiger partial charge in [0.1, 0.15) is 5.72 Å². The summed E-state index contributed by atoms with van der Waals surface area (Å²) in [6.45, 7) is 5.48. The zero-order valence-electron chi connectivity index (χ0n) is 19.5. The number of aliphatic hydroxyl groups is 1. The third-order valence-corrected chi connectivity index (χ3v) is 5.45. The first-order chi connectivity index (χ1) is 13.5. The van der Waals surface area contributed by atoms with Crippen LogP contribution in [0.2, 0.25) is 0 Å². The Kier molecular flexibility index (Phi) is 19.3. The molecule has 0 saturated heterocycles.